The molecule has 0 unspecified atom stereocenters. The highest BCUT2D eigenvalue weighted by molar-refractivity contribution is 5.07. The van der Waals surface area contributed by atoms with E-state index in [0.717, 1.165) is 4.57 Å². The minimum Gasteiger partial charge on any atom is -0.394 e. The number of nitrogens with zero attached hydrogens (tertiary/aromatic N) is 1. The summed E-state index contributed by atoms with van der Waals surface area (Å²) in [7, 11) is 1.45. The van der Waals surface area contributed by atoms with E-state index in [0.29, 0.717) is 0 Å². The van der Waals surface area contributed by atoms with Gasteiger partial charge in [0.25, 0.3) is 5.56 Å². The molecule has 4 atom stereocenters. The van der Waals surface area contributed by atoms with Crippen molar-refractivity contribution in [2.24, 2.45) is 5.90 Å². The van der Waals surface area contributed by atoms with Crippen LogP contribution in [-0.2, 0) is 20.0 Å². The van der Waals surface area contributed by atoms with Gasteiger partial charge in [-0.25, -0.2) is 10.7 Å². The van der Waals surface area contributed by atoms with E-state index in [1.165, 1.54) is 20.2 Å². The zero-order valence-electron chi connectivity index (χ0n) is 12.9. The first-order valence-electron chi connectivity index (χ1n) is 7.05. The van der Waals surface area contributed by atoms with Crippen molar-refractivity contribution in [1.82, 2.24) is 9.55 Å². The molecule has 0 aromatic carbocycles. The Morgan fingerprint density at radius 3 is 2.74 bits per heavy atom. The molecular formula is C13H21N3O7. The fourth-order valence-electron chi connectivity index (χ4n) is 2.78. The third-order valence-corrected chi connectivity index (χ3v) is 4.02. The van der Waals surface area contributed by atoms with Gasteiger partial charge in [0.15, 0.2) is 5.72 Å². The second kappa shape index (κ2) is 6.91. The van der Waals surface area contributed by atoms with Crippen LogP contribution in [0.1, 0.15) is 12.0 Å². The summed E-state index contributed by atoms with van der Waals surface area (Å²) in [6, 6.07) is 0. The predicted octanol–water partition coefficient (Wildman–Crippen LogP) is -2.45. The van der Waals surface area contributed by atoms with Crippen LogP contribution in [-0.4, -0.2) is 58.4 Å². The maximum atomic E-state index is 12.2. The highest BCUT2D eigenvalue weighted by Crippen LogP contribution is 2.38. The Bertz CT molecular complexity index is 658. The number of ether oxygens (including phenoxy) is 2. The second-order valence-electron chi connectivity index (χ2n) is 5.41. The van der Waals surface area contributed by atoms with Crippen LogP contribution >= 0.6 is 0 Å². The molecule has 23 heavy (non-hydrogen) atoms. The third kappa shape index (κ3) is 2.96. The molecule has 1 aromatic rings. The number of aromatic nitrogens is 2. The van der Waals surface area contributed by atoms with Gasteiger partial charge in [0.05, 0.1) is 13.2 Å². The average molecular weight is 331 g/mol. The summed E-state index contributed by atoms with van der Waals surface area (Å²) < 4.78 is 11.8. The standard InChI is InChI=1S/C13H21N3O7/c1-7-5-16(12(20)15-11(7)19)13(3-4-21-2)10(18)9(23-14)8(6-17)22-13/h5,8-10,17-18H,3-4,6,14H2,1-2H3,(H,15,19,20)/t8-,9-,10-,13-/m1/s1. The van der Waals surface area contributed by atoms with E-state index in [1.54, 1.807) is 0 Å². The van der Waals surface area contributed by atoms with Crippen LogP contribution in [0.4, 0.5) is 0 Å². The minimum atomic E-state index is -1.58. The van der Waals surface area contributed by atoms with Crippen molar-refractivity contribution >= 4 is 0 Å². The lowest BCUT2D eigenvalue weighted by molar-refractivity contribution is -0.161. The number of aryl methyl sites for hydroxylation is 1. The first-order valence-corrected chi connectivity index (χ1v) is 7.05. The molecule has 10 heteroatoms. The molecule has 0 saturated carbocycles. The van der Waals surface area contributed by atoms with Crippen LogP contribution in [0.3, 0.4) is 0 Å². The second-order valence-corrected chi connectivity index (χ2v) is 5.41. The van der Waals surface area contributed by atoms with E-state index in [-0.39, 0.29) is 18.6 Å². The quantitative estimate of drug-likeness (QED) is 0.420. The third-order valence-electron chi connectivity index (χ3n) is 4.02. The van der Waals surface area contributed by atoms with Crippen molar-refractivity contribution < 1.29 is 24.5 Å². The van der Waals surface area contributed by atoms with Gasteiger partial charge in [0.2, 0.25) is 0 Å². The summed E-state index contributed by atoms with van der Waals surface area (Å²) in [5, 5.41) is 20.0. The number of aromatic amines is 1. The van der Waals surface area contributed by atoms with Crippen molar-refractivity contribution in [3.8, 4) is 0 Å². The molecule has 1 aromatic heterocycles. The lowest BCUT2D eigenvalue weighted by Crippen LogP contribution is -2.53. The molecule has 0 amide bonds. The maximum absolute atomic E-state index is 12.2. The van der Waals surface area contributed by atoms with Crippen molar-refractivity contribution in [3.05, 3.63) is 32.6 Å². The normalized spacial score (nSPS) is 30.7. The molecule has 130 valence electrons. The van der Waals surface area contributed by atoms with Crippen molar-refractivity contribution in [2.45, 2.75) is 37.4 Å². The van der Waals surface area contributed by atoms with Crippen molar-refractivity contribution in [1.29, 1.82) is 0 Å². The molecule has 2 rings (SSSR count). The lowest BCUT2D eigenvalue weighted by Gasteiger charge is -2.34. The fraction of sp³-hybridized carbons (Fsp3) is 0.692. The smallest absolute Gasteiger partial charge is 0.330 e. The number of hydrogen-bond donors (Lipinski definition) is 4. The Morgan fingerprint density at radius 2 is 2.22 bits per heavy atom. The number of hydrogen-bond acceptors (Lipinski definition) is 8. The van der Waals surface area contributed by atoms with Gasteiger partial charge in [-0.15, -0.1) is 0 Å². The van der Waals surface area contributed by atoms with Crippen LogP contribution < -0.4 is 17.1 Å². The molecule has 0 radical (unpaired) electrons. The SMILES string of the molecule is COCC[C@@]1(n2cc(C)c(=O)[nH]c2=O)O[C@H](CO)[C@@H](ON)[C@H]1O. The van der Waals surface area contributed by atoms with Gasteiger partial charge in [-0.2, -0.15) is 0 Å². The van der Waals surface area contributed by atoms with Gasteiger partial charge >= 0.3 is 5.69 Å². The zero-order chi connectivity index (χ0) is 17.2. The Morgan fingerprint density at radius 1 is 1.52 bits per heavy atom. The Balaban J connectivity index is 2.59. The number of nitrogens with one attached hydrogen (secondary N) is 1. The Labute approximate surface area is 131 Å². The molecule has 0 bridgehead atoms. The summed E-state index contributed by atoms with van der Waals surface area (Å²) in [4.78, 5) is 30.7. The van der Waals surface area contributed by atoms with Gasteiger partial charge in [-0.1, -0.05) is 0 Å². The summed E-state index contributed by atoms with van der Waals surface area (Å²) in [5.41, 5.74) is -2.62. The first-order chi connectivity index (χ1) is 10.9. The molecule has 0 aliphatic carbocycles. The van der Waals surface area contributed by atoms with Crippen LogP contribution in [0.2, 0.25) is 0 Å². The number of H-pyrrole nitrogens is 1. The number of aliphatic hydroxyl groups is 2. The van der Waals surface area contributed by atoms with Gasteiger partial charge in [-0.3, -0.25) is 19.2 Å². The number of methoxy groups -OCH3 is 1. The van der Waals surface area contributed by atoms with E-state index in [9.17, 15) is 19.8 Å². The van der Waals surface area contributed by atoms with E-state index in [4.69, 9.17) is 20.2 Å². The first kappa shape index (κ1) is 17.8. The monoisotopic (exact) mass is 331 g/mol. The number of nitrogens with two attached hydrogens (primary N) is 1. The zero-order valence-corrected chi connectivity index (χ0v) is 12.9. The van der Waals surface area contributed by atoms with Crippen LogP contribution in [0.5, 0.6) is 0 Å². The van der Waals surface area contributed by atoms with E-state index in [2.05, 4.69) is 4.98 Å². The maximum Gasteiger partial charge on any atom is 0.330 e. The summed E-state index contributed by atoms with van der Waals surface area (Å²) in [6.45, 7) is 1.20. The number of aliphatic hydroxyl groups excluding tert-OH is 2. The van der Waals surface area contributed by atoms with Gasteiger partial charge in [0.1, 0.15) is 18.3 Å². The van der Waals surface area contributed by atoms with E-state index in [1.807, 2.05) is 0 Å². The van der Waals surface area contributed by atoms with Crippen LogP contribution in [0, 0.1) is 6.92 Å². The van der Waals surface area contributed by atoms with Crippen LogP contribution in [0.25, 0.3) is 0 Å². The van der Waals surface area contributed by atoms with Gasteiger partial charge < -0.3 is 19.7 Å². The molecule has 5 N–H and O–H groups in total. The summed E-state index contributed by atoms with van der Waals surface area (Å²) in [5.74, 6) is 5.18. The molecule has 10 nitrogen and oxygen atoms in total. The minimum absolute atomic E-state index is 0.0758. The molecule has 2 heterocycles. The molecule has 0 spiro atoms. The highest BCUT2D eigenvalue weighted by atomic mass is 16.7. The fourth-order valence-corrected chi connectivity index (χ4v) is 2.78. The Hall–Kier alpha value is -1.56. The molecule has 1 aliphatic rings. The van der Waals surface area contributed by atoms with Gasteiger partial charge in [0, 0.05) is 25.3 Å². The average Bonchev–Trinajstić information content (AvgIpc) is 2.81. The van der Waals surface area contributed by atoms with E-state index >= 15 is 0 Å². The predicted molar refractivity (Wildman–Crippen MR) is 77.6 cm³/mol. The molecule has 1 fully saturated rings. The molecular weight excluding hydrogens is 310 g/mol. The van der Waals surface area contributed by atoms with Gasteiger partial charge in [-0.05, 0) is 6.92 Å². The summed E-state index contributed by atoms with van der Waals surface area (Å²) >= 11 is 0. The molecule has 1 aliphatic heterocycles. The molecule has 1 saturated heterocycles. The van der Waals surface area contributed by atoms with Crippen molar-refractivity contribution in [2.75, 3.05) is 20.3 Å². The topological polar surface area (TPSA) is 149 Å². The Kier molecular flexibility index (Phi) is 5.34. The van der Waals surface area contributed by atoms with Crippen LogP contribution in [0.15, 0.2) is 15.8 Å². The number of rotatable bonds is 6. The van der Waals surface area contributed by atoms with E-state index < -0.39 is 41.9 Å². The highest BCUT2D eigenvalue weighted by Gasteiger charge is 2.56. The van der Waals surface area contributed by atoms with Crippen molar-refractivity contribution in [3.63, 3.8) is 0 Å². The largest absolute Gasteiger partial charge is 0.394 e. The lowest BCUT2D eigenvalue weighted by atomic mass is 9.99. The summed E-state index contributed by atoms with van der Waals surface area (Å²) in [6.07, 6.45) is -1.98.